The molecule has 94 valence electrons. The molecule has 0 radical (unpaired) electrons. The Labute approximate surface area is 102 Å². The third-order valence-corrected chi connectivity index (χ3v) is 2.69. The Morgan fingerprint density at radius 2 is 1.94 bits per heavy atom. The highest BCUT2D eigenvalue weighted by Gasteiger charge is 2.18. The second-order valence-corrected chi connectivity index (χ2v) is 4.28. The van der Waals surface area contributed by atoms with Gasteiger partial charge in [-0.1, -0.05) is 19.9 Å². The van der Waals surface area contributed by atoms with E-state index in [4.69, 9.17) is 15.2 Å². The lowest BCUT2D eigenvalue weighted by atomic mass is 10.1. The molecule has 0 spiro atoms. The van der Waals surface area contributed by atoms with Crippen molar-refractivity contribution in [1.82, 2.24) is 0 Å². The molecule has 1 aromatic carbocycles. The lowest BCUT2D eigenvalue weighted by Crippen LogP contribution is -2.21. The maximum absolute atomic E-state index is 11.6. The first-order valence-electron chi connectivity index (χ1n) is 5.60. The average Bonchev–Trinajstić information content (AvgIpc) is 2.30. The van der Waals surface area contributed by atoms with Crippen LogP contribution >= 0.6 is 0 Å². The number of carbonyl (C=O) groups excluding carboxylic acids is 1. The number of esters is 1. The maximum Gasteiger partial charge on any atom is 0.341 e. The second-order valence-electron chi connectivity index (χ2n) is 4.28. The third-order valence-electron chi connectivity index (χ3n) is 2.69. The van der Waals surface area contributed by atoms with Gasteiger partial charge in [0, 0.05) is 0 Å². The Bertz CT molecular complexity index is 402. The zero-order chi connectivity index (χ0) is 13.0. The molecule has 1 unspecified atom stereocenters. The quantitative estimate of drug-likeness (QED) is 0.645. The molecular formula is C13H19NO3. The van der Waals surface area contributed by atoms with Gasteiger partial charge in [-0.3, -0.25) is 0 Å². The monoisotopic (exact) mass is 237 g/mol. The minimum Gasteiger partial charge on any atom is -0.487 e. The fourth-order valence-corrected chi connectivity index (χ4v) is 1.28. The van der Waals surface area contributed by atoms with Crippen molar-refractivity contribution in [3.05, 3.63) is 23.8 Å². The van der Waals surface area contributed by atoms with E-state index in [1.807, 2.05) is 20.8 Å². The predicted molar refractivity (Wildman–Crippen MR) is 67.1 cm³/mol. The summed E-state index contributed by atoms with van der Waals surface area (Å²) in [6.07, 6.45) is -0.0249. The van der Waals surface area contributed by atoms with E-state index in [0.29, 0.717) is 22.9 Å². The summed E-state index contributed by atoms with van der Waals surface area (Å²) >= 11 is 0. The van der Waals surface area contributed by atoms with E-state index in [-0.39, 0.29) is 6.10 Å². The van der Waals surface area contributed by atoms with E-state index in [2.05, 4.69) is 0 Å². The molecule has 0 amide bonds. The predicted octanol–water partition coefficient (Wildman–Crippen LogP) is 2.48. The molecule has 17 heavy (non-hydrogen) atoms. The Morgan fingerprint density at radius 1 is 1.29 bits per heavy atom. The van der Waals surface area contributed by atoms with Crippen molar-refractivity contribution in [2.24, 2.45) is 5.92 Å². The van der Waals surface area contributed by atoms with Gasteiger partial charge in [0.1, 0.15) is 5.56 Å². The molecule has 0 saturated heterocycles. The van der Waals surface area contributed by atoms with Crippen molar-refractivity contribution in [2.45, 2.75) is 26.9 Å². The smallest absolute Gasteiger partial charge is 0.341 e. The van der Waals surface area contributed by atoms with E-state index >= 15 is 0 Å². The van der Waals surface area contributed by atoms with E-state index < -0.39 is 5.97 Å². The van der Waals surface area contributed by atoms with Gasteiger partial charge in [0.15, 0.2) is 5.75 Å². The molecule has 4 nitrogen and oxygen atoms in total. The molecule has 0 saturated carbocycles. The Balaban J connectivity index is 3.08. The number of anilines is 1. The van der Waals surface area contributed by atoms with Gasteiger partial charge >= 0.3 is 5.97 Å². The molecule has 2 N–H and O–H groups in total. The van der Waals surface area contributed by atoms with Gasteiger partial charge in [-0.05, 0) is 25.0 Å². The van der Waals surface area contributed by atoms with E-state index in [1.54, 1.807) is 18.2 Å². The van der Waals surface area contributed by atoms with Crippen LogP contribution < -0.4 is 10.5 Å². The fourth-order valence-electron chi connectivity index (χ4n) is 1.28. The van der Waals surface area contributed by atoms with Crippen LogP contribution in [0.2, 0.25) is 0 Å². The van der Waals surface area contributed by atoms with Crippen molar-refractivity contribution >= 4 is 11.7 Å². The minimum absolute atomic E-state index is 0.0249. The van der Waals surface area contributed by atoms with Crippen molar-refractivity contribution in [2.75, 3.05) is 12.8 Å². The molecule has 0 aliphatic carbocycles. The lowest BCUT2D eigenvalue weighted by molar-refractivity contribution is 0.0591. The molecule has 4 heteroatoms. The van der Waals surface area contributed by atoms with Crippen molar-refractivity contribution in [3.8, 4) is 5.75 Å². The zero-order valence-corrected chi connectivity index (χ0v) is 10.7. The Kier molecular flexibility index (Phi) is 4.37. The number of nitrogens with two attached hydrogens (primary N) is 1. The summed E-state index contributed by atoms with van der Waals surface area (Å²) in [4.78, 5) is 11.6. The molecule has 1 aromatic rings. The van der Waals surface area contributed by atoms with Crippen LogP contribution in [0.25, 0.3) is 0 Å². The minimum atomic E-state index is -0.441. The highest BCUT2D eigenvalue weighted by Crippen LogP contribution is 2.29. The van der Waals surface area contributed by atoms with Crippen molar-refractivity contribution in [3.63, 3.8) is 0 Å². The standard InChI is InChI=1S/C13H19NO3/c1-8(2)9(3)17-12-10(13(15)16-4)6-5-7-11(12)14/h5-9H,14H2,1-4H3. The number of carbonyl (C=O) groups is 1. The first-order valence-corrected chi connectivity index (χ1v) is 5.60. The number of hydrogen-bond acceptors (Lipinski definition) is 4. The average molecular weight is 237 g/mol. The van der Waals surface area contributed by atoms with Crippen LogP contribution in [0.1, 0.15) is 31.1 Å². The summed E-state index contributed by atoms with van der Waals surface area (Å²) in [6, 6.07) is 5.05. The topological polar surface area (TPSA) is 61.5 Å². The summed E-state index contributed by atoms with van der Waals surface area (Å²) in [5.41, 5.74) is 6.64. The van der Waals surface area contributed by atoms with Crippen molar-refractivity contribution in [1.29, 1.82) is 0 Å². The van der Waals surface area contributed by atoms with Crippen LogP contribution in [0, 0.1) is 5.92 Å². The molecule has 0 heterocycles. The highest BCUT2D eigenvalue weighted by molar-refractivity contribution is 5.94. The van der Waals surface area contributed by atoms with Crippen LogP contribution in [0.15, 0.2) is 18.2 Å². The van der Waals surface area contributed by atoms with Crippen LogP contribution in [0.3, 0.4) is 0 Å². The summed E-state index contributed by atoms with van der Waals surface area (Å²) in [5, 5.41) is 0. The zero-order valence-electron chi connectivity index (χ0n) is 10.7. The van der Waals surface area contributed by atoms with E-state index in [1.165, 1.54) is 7.11 Å². The van der Waals surface area contributed by atoms with Crippen molar-refractivity contribution < 1.29 is 14.3 Å². The Hall–Kier alpha value is -1.71. The number of nitrogen functional groups attached to an aromatic ring is 1. The molecular weight excluding hydrogens is 218 g/mol. The molecule has 0 bridgehead atoms. The largest absolute Gasteiger partial charge is 0.487 e. The number of methoxy groups -OCH3 is 1. The summed E-state index contributed by atoms with van der Waals surface area (Å²) in [7, 11) is 1.33. The molecule has 0 aliphatic heterocycles. The van der Waals surface area contributed by atoms with Gasteiger partial charge in [-0.25, -0.2) is 4.79 Å². The molecule has 1 atom stereocenters. The first-order chi connectivity index (χ1) is 7.97. The summed E-state index contributed by atoms with van der Waals surface area (Å²) in [5.74, 6) is 0.295. The third kappa shape index (κ3) is 3.12. The first kappa shape index (κ1) is 13.4. The number of para-hydroxylation sites is 1. The maximum atomic E-state index is 11.6. The van der Waals surface area contributed by atoms with Gasteiger partial charge < -0.3 is 15.2 Å². The van der Waals surface area contributed by atoms with Crippen LogP contribution in [0.4, 0.5) is 5.69 Å². The van der Waals surface area contributed by atoms with Gasteiger partial charge in [0.05, 0.1) is 18.9 Å². The molecule has 1 rings (SSSR count). The fraction of sp³-hybridized carbons (Fsp3) is 0.462. The van der Waals surface area contributed by atoms with Crippen LogP contribution in [-0.2, 0) is 4.74 Å². The van der Waals surface area contributed by atoms with Gasteiger partial charge in [0.2, 0.25) is 0 Å². The molecule has 0 aliphatic rings. The SMILES string of the molecule is COC(=O)c1cccc(N)c1OC(C)C(C)C. The second kappa shape index (κ2) is 5.57. The number of rotatable bonds is 4. The van der Waals surface area contributed by atoms with Crippen LogP contribution in [0.5, 0.6) is 5.75 Å². The highest BCUT2D eigenvalue weighted by atomic mass is 16.5. The van der Waals surface area contributed by atoms with Gasteiger partial charge in [-0.15, -0.1) is 0 Å². The van der Waals surface area contributed by atoms with Crippen LogP contribution in [-0.4, -0.2) is 19.2 Å². The molecule has 0 aromatic heterocycles. The Morgan fingerprint density at radius 3 is 2.47 bits per heavy atom. The lowest BCUT2D eigenvalue weighted by Gasteiger charge is -2.20. The van der Waals surface area contributed by atoms with Gasteiger partial charge in [-0.2, -0.15) is 0 Å². The number of benzene rings is 1. The summed E-state index contributed by atoms with van der Waals surface area (Å²) in [6.45, 7) is 6.03. The summed E-state index contributed by atoms with van der Waals surface area (Å²) < 4.78 is 10.4. The number of hydrogen-bond donors (Lipinski definition) is 1. The van der Waals surface area contributed by atoms with E-state index in [0.717, 1.165) is 0 Å². The van der Waals surface area contributed by atoms with E-state index in [9.17, 15) is 4.79 Å². The normalized spacial score (nSPS) is 12.3. The van der Waals surface area contributed by atoms with Gasteiger partial charge in [0.25, 0.3) is 0 Å². The number of ether oxygens (including phenoxy) is 2. The molecule has 0 fully saturated rings.